The molecular formula is C13H17ClO3. The molecule has 0 saturated carbocycles. The number of benzene rings is 1. The maximum atomic E-state index is 11.3. The molecule has 1 rings (SSSR count). The summed E-state index contributed by atoms with van der Waals surface area (Å²) in [5.41, 5.74) is 2.07. The quantitative estimate of drug-likeness (QED) is 0.600. The topological polar surface area (TPSA) is 35.5 Å². The predicted octanol–water partition coefficient (Wildman–Crippen LogP) is 2.93. The van der Waals surface area contributed by atoms with Gasteiger partial charge in [-0.15, -0.1) is 11.6 Å². The molecule has 0 radical (unpaired) electrons. The third-order valence-electron chi connectivity index (χ3n) is 2.58. The number of carbonyl (C=O) groups excluding carboxylic acids is 1. The summed E-state index contributed by atoms with van der Waals surface area (Å²) in [5, 5.41) is 0. The second kappa shape index (κ2) is 6.50. The minimum Gasteiger partial charge on any atom is -0.479 e. The molecule has 0 amide bonds. The highest BCUT2D eigenvalue weighted by atomic mass is 35.5. The largest absolute Gasteiger partial charge is 0.479 e. The van der Waals surface area contributed by atoms with Crippen LogP contribution in [0.25, 0.3) is 0 Å². The van der Waals surface area contributed by atoms with Gasteiger partial charge in [-0.2, -0.15) is 0 Å². The Balaban J connectivity index is 2.94. The molecule has 0 aliphatic heterocycles. The van der Waals surface area contributed by atoms with E-state index in [9.17, 15) is 4.79 Å². The molecule has 1 aromatic carbocycles. The van der Waals surface area contributed by atoms with Crippen molar-refractivity contribution in [1.29, 1.82) is 0 Å². The van der Waals surface area contributed by atoms with Crippen molar-refractivity contribution in [2.75, 3.05) is 7.11 Å². The molecule has 1 aromatic rings. The lowest BCUT2D eigenvalue weighted by molar-refractivity contribution is -0.147. The molecule has 17 heavy (non-hydrogen) atoms. The van der Waals surface area contributed by atoms with Crippen LogP contribution in [-0.2, 0) is 21.8 Å². The summed E-state index contributed by atoms with van der Waals surface area (Å²) >= 11 is 5.92. The highest BCUT2D eigenvalue weighted by Gasteiger charge is 2.17. The molecule has 0 saturated heterocycles. The number of hydrogen-bond donors (Lipinski definition) is 0. The Morgan fingerprint density at radius 2 is 2.18 bits per heavy atom. The molecule has 0 spiro atoms. The fraction of sp³-hybridized carbons (Fsp3) is 0.462. The highest BCUT2D eigenvalue weighted by Crippen LogP contribution is 2.25. The molecule has 1 atom stereocenters. The molecule has 3 nitrogen and oxygen atoms in total. The minimum atomic E-state index is -0.630. The number of carbonyl (C=O) groups is 1. The van der Waals surface area contributed by atoms with Crippen LogP contribution in [0.15, 0.2) is 18.2 Å². The number of aryl methyl sites for hydroxylation is 1. The van der Waals surface area contributed by atoms with Crippen LogP contribution in [0.4, 0.5) is 0 Å². The van der Waals surface area contributed by atoms with Crippen LogP contribution in [0.2, 0.25) is 0 Å². The summed E-state index contributed by atoms with van der Waals surface area (Å²) in [6, 6.07) is 5.72. The van der Waals surface area contributed by atoms with E-state index >= 15 is 0 Å². The minimum absolute atomic E-state index is 0.368. The Morgan fingerprint density at radius 1 is 1.47 bits per heavy atom. The van der Waals surface area contributed by atoms with Crippen LogP contribution in [0, 0.1) is 0 Å². The van der Waals surface area contributed by atoms with Crippen LogP contribution in [-0.4, -0.2) is 19.2 Å². The fourth-order valence-corrected chi connectivity index (χ4v) is 1.91. The lowest BCUT2D eigenvalue weighted by Crippen LogP contribution is -2.25. The summed E-state index contributed by atoms with van der Waals surface area (Å²) in [6.07, 6.45) is 0.250. The van der Waals surface area contributed by atoms with Gasteiger partial charge in [0.05, 0.1) is 13.0 Å². The van der Waals surface area contributed by atoms with Crippen molar-refractivity contribution in [1.82, 2.24) is 0 Å². The normalized spacial score (nSPS) is 12.0. The zero-order valence-electron chi connectivity index (χ0n) is 10.3. The van der Waals surface area contributed by atoms with Crippen LogP contribution < -0.4 is 4.74 Å². The van der Waals surface area contributed by atoms with E-state index in [2.05, 4.69) is 11.7 Å². The summed E-state index contributed by atoms with van der Waals surface area (Å²) in [7, 11) is 1.34. The smallest absolute Gasteiger partial charge is 0.346 e. The summed E-state index contributed by atoms with van der Waals surface area (Å²) in [6.45, 7) is 3.71. The average molecular weight is 257 g/mol. The molecule has 4 heteroatoms. The van der Waals surface area contributed by atoms with Gasteiger partial charge < -0.3 is 9.47 Å². The van der Waals surface area contributed by atoms with E-state index in [1.807, 2.05) is 18.2 Å². The third kappa shape index (κ3) is 3.37. The van der Waals surface area contributed by atoms with Crippen molar-refractivity contribution in [2.24, 2.45) is 0 Å². The maximum absolute atomic E-state index is 11.3. The molecule has 0 bridgehead atoms. The second-order valence-electron chi connectivity index (χ2n) is 3.66. The first-order valence-electron chi connectivity index (χ1n) is 5.55. The Hall–Kier alpha value is -1.22. The van der Waals surface area contributed by atoms with Crippen molar-refractivity contribution in [2.45, 2.75) is 32.3 Å². The zero-order chi connectivity index (χ0) is 12.8. The Bertz CT molecular complexity index is 390. The van der Waals surface area contributed by atoms with Gasteiger partial charge in [0.25, 0.3) is 0 Å². The zero-order valence-corrected chi connectivity index (χ0v) is 11.1. The van der Waals surface area contributed by atoms with E-state index < -0.39 is 12.1 Å². The second-order valence-corrected chi connectivity index (χ2v) is 3.93. The molecular weight excluding hydrogens is 240 g/mol. The lowest BCUT2D eigenvalue weighted by Gasteiger charge is -2.16. The molecule has 0 aliphatic carbocycles. The van der Waals surface area contributed by atoms with Gasteiger partial charge in [-0.25, -0.2) is 4.79 Å². The van der Waals surface area contributed by atoms with Crippen LogP contribution >= 0.6 is 11.6 Å². The summed E-state index contributed by atoms with van der Waals surface area (Å²) in [4.78, 5) is 11.3. The van der Waals surface area contributed by atoms with Crippen LogP contribution in [0.1, 0.15) is 25.0 Å². The van der Waals surface area contributed by atoms with Crippen molar-refractivity contribution < 1.29 is 14.3 Å². The molecule has 0 aliphatic rings. The van der Waals surface area contributed by atoms with E-state index in [0.717, 1.165) is 17.5 Å². The van der Waals surface area contributed by atoms with Gasteiger partial charge in [-0.1, -0.05) is 19.1 Å². The van der Waals surface area contributed by atoms with Gasteiger partial charge in [0, 0.05) is 5.56 Å². The van der Waals surface area contributed by atoms with Gasteiger partial charge in [0.2, 0.25) is 0 Å². The molecule has 0 heterocycles. The molecule has 0 fully saturated rings. The number of alkyl halides is 1. The third-order valence-corrected chi connectivity index (χ3v) is 2.85. The first-order chi connectivity index (χ1) is 8.13. The molecule has 0 aromatic heterocycles. The number of ether oxygens (including phenoxy) is 2. The van der Waals surface area contributed by atoms with E-state index in [4.69, 9.17) is 16.3 Å². The van der Waals surface area contributed by atoms with Gasteiger partial charge in [0.15, 0.2) is 6.10 Å². The van der Waals surface area contributed by atoms with Gasteiger partial charge in [-0.05, 0) is 25.0 Å². The number of halogens is 1. The van der Waals surface area contributed by atoms with Crippen LogP contribution in [0.5, 0.6) is 5.75 Å². The monoisotopic (exact) mass is 256 g/mol. The van der Waals surface area contributed by atoms with Crippen molar-refractivity contribution in [3.05, 3.63) is 29.3 Å². The van der Waals surface area contributed by atoms with E-state index in [1.54, 1.807) is 6.92 Å². The summed E-state index contributed by atoms with van der Waals surface area (Å²) < 4.78 is 10.2. The van der Waals surface area contributed by atoms with Gasteiger partial charge >= 0.3 is 5.97 Å². The van der Waals surface area contributed by atoms with Crippen molar-refractivity contribution in [3.8, 4) is 5.75 Å². The number of hydrogen-bond acceptors (Lipinski definition) is 3. The van der Waals surface area contributed by atoms with Gasteiger partial charge in [-0.3, -0.25) is 0 Å². The SMILES string of the molecule is CCc1cccc(OC(C)C(=O)OC)c1CCl. The van der Waals surface area contributed by atoms with E-state index in [0.29, 0.717) is 11.6 Å². The standard InChI is InChI=1S/C13H17ClO3/c1-4-10-6-5-7-12(11(10)8-14)17-9(2)13(15)16-3/h5-7,9H,4,8H2,1-3H3. The van der Waals surface area contributed by atoms with E-state index in [-0.39, 0.29) is 0 Å². The van der Waals surface area contributed by atoms with Gasteiger partial charge in [0.1, 0.15) is 5.75 Å². The Labute approximate surface area is 107 Å². The first-order valence-corrected chi connectivity index (χ1v) is 6.08. The van der Waals surface area contributed by atoms with E-state index in [1.165, 1.54) is 7.11 Å². The predicted molar refractivity (Wildman–Crippen MR) is 67.5 cm³/mol. The number of rotatable bonds is 5. The summed E-state index contributed by atoms with van der Waals surface area (Å²) in [5.74, 6) is 0.623. The number of methoxy groups -OCH3 is 1. The first kappa shape index (κ1) is 13.8. The number of esters is 1. The fourth-order valence-electron chi connectivity index (χ4n) is 1.61. The lowest BCUT2D eigenvalue weighted by atomic mass is 10.1. The van der Waals surface area contributed by atoms with Crippen molar-refractivity contribution >= 4 is 17.6 Å². The maximum Gasteiger partial charge on any atom is 0.346 e. The van der Waals surface area contributed by atoms with Crippen molar-refractivity contribution in [3.63, 3.8) is 0 Å². The van der Waals surface area contributed by atoms with Crippen LogP contribution in [0.3, 0.4) is 0 Å². The highest BCUT2D eigenvalue weighted by molar-refractivity contribution is 6.17. The Kier molecular flexibility index (Phi) is 5.29. The average Bonchev–Trinajstić information content (AvgIpc) is 2.37. The molecule has 94 valence electrons. The molecule has 0 N–H and O–H groups in total. The molecule has 1 unspecified atom stereocenters. The Morgan fingerprint density at radius 3 is 2.71 bits per heavy atom.